The molecular weight excluding hydrogens is 647 g/mol. The van der Waals surface area contributed by atoms with Gasteiger partial charge in [0.25, 0.3) is 0 Å². The molecule has 0 aliphatic carbocycles. The molecular formula is C41H23N11. The molecule has 52 heavy (non-hydrogen) atoms. The number of para-hydroxylation sites is 1. The topological polar surface area (TPSA) is 125 Å². The molecule has 0 unspecified atom stereocenters. The number of rotatable bonds is 4. The molecule has 0 saturated heterocycles. The van der Waals surface area contributed by atoms with E-state index < -0.39 is 0 Å². The maximum absolute atomic E-state index is 5.39. The molecule has 7 aromatic heterocycles. The van der Waals surface area contributed by atoms with Crippen molar-refractivity contribution in [2.45, 2.75) is 0 Å². The maximum atomic E-state index is 5.39. The van der Waals surface area contributed by atoms with Gasteiger partial charge >= 0.3 is 0 Å². The first-order valence-electron chi connectivity index (χ1n) is 16.7. The van der Waals surface area contributed by atoms with Gasteiger partial charge in [0.05, 0.1) is 40.4 Å². The summed E-state index contributed by atoms with van der Waals surface area (Å²) in [5.74, 6) is 0.491. The first-order chi connectivity index (χ1) is 25.8. The van der Waals surface area contributed by atoms with Crippen molar-refractivity contribution in [2.24, 2.45) is 0 Å². The highest BCUT2D eigenvalue weighted by Crippen LogP contribution is 2.41. The van der Waals surface area contributed by atoms with Crippen LogP contribution in [0.4, 0.5) is 0 Å². The Morgan fingerprint density at radius 1 is 0.500 bits per heavy atom. The standard InChI is InChI=1S/C41H23N11/c1-3-8-24(9-4-1)30-21-47-40-35(50-30)33-28(31-20-42-16-17-44-31)15-14-27-26-12-7-13-29-34-39(46-19-18-45-34)51(36(26)29)41(52(40)37(27)33)32(25-10-5-2-6-11-25)38-48-22-43-23-49-38/h1-23H/b41-32-. The maximum Gasteiger partial charge on any atom is 0.166 e. The molecule has 0 bridgehead atoms. The van der Waals surface area contributed by atoms with E-state index in [2.05, 4.69) is 61.2 Å². The summed E-state index contributed by atoms with van der Waals surface area (Å²) >= 11 is 0. The molecule has 11 aromatic rings. The van der Waals surface area contributed by atoms with Crippen LogP contribution in [0.15, 0.2) is 141 Å². The van der Waals surface area contributed by atoms with Gasteiger partial charge in [0.1, 0.15) is 29.2 Å². The van der Waals surface area contributed by atoms with E-state index in [9.17, 15) is 0 Å². The summed E-state index contributed by atoms with van der Waals surface area (Å²) in [6.07, 6.45) is 13.5. The summed E-state index contributed by atoms with van der Waals surface area (Å²) in [7, 11) is 0. The van der Waals surface area contributed by atoms with Crippen LogP contribution >= 0.6 is 0 Å². The Kier molecular flexibility index (Phi) is 5.99. The Bertz CT molecular complexity index is 3180. The summed E-state index contributed by atoms with van der Waals surface area (Å²) < 4.78 is 4.38. The average molecular weight is 670 g/mol. The normalized spacial score (nSPS) is 12.5. The Morgan fingerprint density at radius 3 is 2.06 bits per heavy atom. The van der Waals surface area contributed by atoms with Crippen molar-refractivity contribution < 1.29 is 0 Å². The highest BCUT2D eigenvalue weighted by atomic mass is 15.1. The van der Waals surface area contributed by atoms with E-state index in [4.69, 9.17) is 34.9 Å². The summed E-state index contributed by atoms with van der Waals surface area (Å²) in [4.78, 5) is 43.4. The third kappa shape index (κ3) is 3.98. The first-order valence-corrected chi connectivity index (χ1v) is 16.7. The number of benzene rings is 4. The monoisotopic (exact) mass is 669 g/mol. The lowest BCUT2D eigenvalue weighted by Crippen LogP contribution is -2.26. The predicted molar refractivity (Wildman–Crippen MR) is 199 cm³/mol. The average Bonchev–Trinajstić information content (AvgIpc) is 3.70. The lowest BCUT2D eigenvalue weighted by atomic mass is 10.0. The van der Waals surface area contributed by atoms with Crippen LogP contribution in [0.25, 0.3) is 83.0 Å². The predicted octanol–water partition coefficient (Wildman–Crippen LogP) is 6.66. The van der Waals surface area contributed by atoms with Gasteiger partial charge in [-0.2, -0.15) is 0 Å². The Balaban J connectivity index is 1.53. The number of aromatic nitrogens is 11. The number of hydrogen-bond acceptors (Lipinski definition) is 9. The molecule has 0 aliphatic heterocycles. The van der Waals surface area contributed by atoms with Crippen LogP contribution in [0.2, 0.25) is 0 Å². The van der Waals surface area contributed by atoms with Gasteiger partial charge in [-0.15, -0.1) is 0 Å². The van der Waals surface area contributed by atoms with Crippen LogP contribution in [-0.4, -0.2) is 53.7 Å². The Hall–Kier alpha value is -7.53. The zero-order valence-corrected chi connectivity index (χ0v) is 27.2. The quantitative estimate of drug-likeness (QED) is 0.202. The van der Waals surface area contributed by atoms with Crippen LogP contribution in [0.5, 0.6) is 0 Å². The fourth-order valence-electron chi connectivity index (χ4n) is 7.55. The van der Waals surface area contributed by atoms with E-state index in [1.54, 1.807) is 31.0 Å². The number of fused-ring (bicyclic) bond motifs is 7. The lowest BCUT2D eigenvalue weighted by molar-refractivity contribution is 0.968. The van der Waals surface area contributed by atoms with E-state index in [-0.39, 0.29) is 0 Å². The third-order valence-corrected chi connectivity index (χ3v) is 9.63. The van der Waals surface area contributed by atoms with Gasteiger partial charge in [0, 0.05) is 57.5 Å². The van der Waals surface area contributed by atoms with Crippen molar-refractivity contribution in [3.05, 3.63) is 158 Å². The minimum absolute atomic E-state index is 0.491. The van der Waals surface area contributed by atoms with Crippen molar-refractivity contribution >= 4 is 60.5 Å². The molecule has 7 heterocycles. The van der Waals surface area contributed by atoms with E-state index in [1.807, 2.05) is 54.7 Å². The van der Waals surface area contributed by atoms with Crippen LogP contribution in [0.3, 0.4) is 0 Å². The van der Waals surface area contributed by atoms with Gasteiger partial charge in [0.15, 0.2) is 17.1 Å². The van der Waals surface area contributed by atoms with Gasteiger partial charge in [-0.1, -0.05) is 91.0 Å². The number of nitrogens with zero attached hydrogens (tertiary/aromatic N) is 11. The second-order valence-corrected chi connectivity index (χ2v) is 12.4. The molecule has 11 rings (SSSR count). The molecule has 11 nitrogen and oxygen atoms in total. The minimum atomic E-state index is 0.491. The summed E-state index contributed by atoms with van der Waals surface area (Å²) in [5, 5.41) is 3.88. The number of hydrogen-bond donors (Lipinski definition) is 0. The van der Waals surface area contributed by atoms with Crippen LogP contribution < -0.4 is 5.48 Å². The molecule has 0 fully saturated rings. The van der Waals surface area contributed by atoms with Gasteiger partial charge in [-0.25, -0.2) is 29.9 Å². The van der Waals surface area contributed by atoms with Crippen molar-refractivity contribution in [1.82, 2.24) is 53.7 Å². The second kappa shape index (κ2) is 11.0. The first kappa shape index (κ1) is 28.3. The second-order valence-electron chi connectivity index (χ2n) is 12.4. The molecule has 0 amide bonds. The van der Waals surface area contributed by atoms with Crippen LogP contribution in [-0.2, 0) is 0 Å². The zero-order chi connectivity index (χ0) is 34.2. The van der Waals surface area contributed by atoms with Gasteiger partial charge in [-0.05, 0) is 5.56 Å². The molecule has 0 atom stereocenters. The fourth-order valence-corrected chi connectivity index (χ4v) is 7.55. The smallest absolute Gasteiger partial charge is 0.166 e. The van der Waals surface area contributed by atoms with Crippen molar-refractivity contribution in [2.75, 3.05) is 0 Å². The lowest BCUT2D eigenvalue weighted by Gasteiger charge is -2.09. The molecule has 0 spiro atoms. The summed E-state index contributed by atoms with van der Waals surface area (Å²) in [5.41, 5.74) is 10.4. The SMILES string of the molecule is c1ccc(/C(c2ncncn2)=c2\n3c4nccnc4c4cccc(c5ccc(-c6cnccn6)c6c7nc(-c8ccccc8)cnc7n2c56)c43)cc1. The van der Waals surface area contributed by atoms with E-state index >= 15 is 0 Å². The van der Waals surface area contributed by atoms with Gasteiger partial charge in [0.2, 0.25) is 0 Å². The van der Waals surface area contributed by atoms with Crippen LogP contribution in [0.1, 0.15) is 11.4 Å². The molecule has 242 valence electrons. The van der Waals surface area contributed by atoms with Crippen molar-refractivity contribution in [3.63, 3.8) is 0 Å². The third-order valence-electron chi connectivity index (χ3n) is 9.63. The summed E-state index contributed by atoms with van der Waals surface area (Å²) in [6, 6.07) is 30.9. The zero-order valence-electron chi connectivity index (χ0n) is 27.2. The highest BCUT2D eigenvalue weighted by Gasteiger charge is 2.26. The Labute approximate surface area is 293 Å². The van der Waals surface area contributed by atoms with Crippen molar-refractivity contribution in [1.29, 1.82) is 0 Å². The van der Waals surface area contributed by atoms with Gasteiger partial charge in [-0.3, -0.25) is 23.8 Å². The van der Waals surface area contributed by atoms with E-state index in [1.165, 1.54) is 12.7 Å². The molecule has 0 saturated carbocycles. The van der Waals surface area contributed by atoms with E-state index in [0.29, 0.717) is 17.1 Å². The van der Waals surface area contributed by atoms with Crippen molar-refractivity contribution in [3.8, 4) is 22.5 Å². The minimum Gasteiger partial charge on any atom is -0.276 e. The van der Waals surface area contributed by atoms with E-state index in [0.717, 1.165) is 82.7 Å². The Morgan fingerprint density at radius 2 is 1.23 bits per heavy atom. The van der Waals surface area contributed by atoms with Crippen LogP contribution in [0, 0.1) is 0 Å². The van der Waals surface area contributed by atoms with Gasteiger partial charge < -0.3 is 0 Å². The molecule has 4 aromatic carbocycles. The molecule has 11 heteroatoms. The highest BCUT2D eigenvalue weighted by molar-refractivity contribution is 6.25. The molecule has 0 N–H and O–H groups in total. The largest absolute Gasteiger partial charge is 0.276 e. The molecule has 0 aliphatic rings. The molecule has 0 radical (unpaired) electrons. The fraction of sp³-hybridized carbons (Fsp3) is 0. The summed E-state index contributed by atoms with van der Waals surface area (Å²) in [6.45, 7) is 0.